The van der Waals surface area contributed by atoms with E-state index in [1.807, 2.05) is 31.2 Å². The van der Waals surface area contributed by atoms with Crippen LogP contribution in [0.2, 0.25) is 0 Å². The quantitative estimate of drug-likeness (QED) is 0.193. The van der Waals surface area contributed by atoms with Crippen molar-refractivity contribution in [1.29, 1.82) is 5.26 Å². The first-order chi connectivity index (χ1) is 18.2. The number of hydrogen-bond donors (Lipinski definition) is 1. The third kappa shape index (κ3) is 8.46. The molecule has 3 aromatic rings. The molecule has 0 aliphatic heterocycles. The summed E-state index contributed by atoms with van der Waals surface area (Å²) in [7, 11) is 1.43. The highest BCUT2D eigenvalue weighted by atomic mass is 32.1. The second-order valence-electron chi connectivity index (χ2n) is 7.57. The van der Waals surface area contributed by atoms with E-state index in [-0.39, 0.29) is 28.6 Å². The third-order valence-electron chi connectivity index (χ3n) is 4.72. The van der Waals surface area contributed by atoms with Crippen LogP contribution in [0, 0.1) is 18.3 Å². The van der Waals surface area contributed by atoms with Gasteiger partial charge in [-0.3, -0.25) is 10.1 Å². The van der Waals surface area contributed by atoms with E-state index in [1.165, 1.54) is 13.2 Å². The predicted molar refractivity (Wildman–Crippen MR) is 133 cm³/mol. The number of hydrogen-bond acceptors (Lipinski definition) is 9. The Morgan fingerprint density at radius 2 is 1.84 bits per heavy atom. The fourth-order valence-corrected chi connectivity index (χ4v) is 3.60. The van der Waals surface area contributed by atoms with Gasteiger partial charge in [0.15, 0.2) is 11.5 Å². The Kier molecular flexibility index (Phi) is 10.0. The van der Waals surface area contributed by atoms with E-state index in [0.717, 1.165) is 11.3 Å². The van der Waals surface area contributed by atoms with Crippen molar-refractivity contribution in [2.24, 2.45) is 0 Å². The molecular weight excluding hydrogens is 525 g/mol. The summed E-state index contributed by atoms with van der Waals surface area (Å²) in [5.41, 5.74) is 1.18. The number of aryl methyl sites for hydroxylation is 1. The van der Waals surface area contributed by atoms with Crippen LogP contribution in [-0.2, 0) is 15.7 Å². The standard InChI is InChI=1S/C25H23F3N4O5S/c1-16-4-3-5-19(12-16)36-10-8-35-9-11-37-20-7-6-17(14-21(20)34-2)13-18(15-29)22(33)30-24-32-31-23(38-24)25(26,27)28/h3-7,12-14H,8-11H2,1-2H3,(H,30,32,33). The summed E-state index contributed by atoms with van der Waals surface area (Å²) in [6.07, 6.45) is -3.43. The van der Waals surface area contributed by atoms with Gasteiger partial charge in [0, 0.05) is 0 Å². The average Bonchev–Trinajstić information content (AvgIpc) is 3.36. The Hall–Kier alpha value is -4.15. The molecule has 3 rings (SSSR count). The normalized spacial score (nSPS) is 11.5. The zero-order valence-electron chi connectivity index (χ0n) is 20.4. The van der Waals surface area contributed by atoms with Gasteiger partial charge >= 0.3 is 6.18 Å². The number of alkyl halides is 3. The van der Waals surface area contributed by atoms with Crippen LogP contribution in [0.5, 0.6) is 17.2 Å². The van der Waals surface area contributed by atoms with E-state index in [4.69, 9.17) is 18.9 Å². The minimum Gasteiger partial charge on any atom is -0.493 e. The molecule has 13 heteroatoms. The van der Waals surface area contributed by atoms with Crippen molar-refractivity contribution < 1.29 is 36.9 Å². The molecule has 0 aliphatic carbocycles. The van der Waals surface area contributed by atoms with Gasteiger partial charge < -0.3 is 18.9 Å². The van der Waals surface area contributed by atoms with Gasteiger partial charge in [0.1, 0.15) is 30.6 Å². The number of carbonyl (C=O) groups excluding carboxylic acids is 1. The molecule has 2 aromatic carbocycles. The lowest BCUT2D eigenvalue weighted by Gasteiger charge is -2.12. The fraction of sp³-hybridized carbons (Fsp3) is 0.280. The number of nitrogens with one attached hydrogen (secondary N) is 1. The number of benzene rings is 2. The number of anilines is 1. The number of nitrogens with zero attached hydrogens (tertiary/aromatic N) is 3. The van der Waals surface area contributed by atoms with Crippen molar-refractivity contribution in [2.75, 3.05) is 38.9 Å². The van der Waals surface area contributed by atoms with Gasteiger partial charge in [-0.15, -0.1) is 10.2 Å². The number of rotatable bonds is 12. The van der Waals surface area contributed by atoms with Crippen LogP contribution in [0.25, 0.3) is 6.08 Å². The molecule has 0 saturated heterocycles. The lowest BCUT2D eigenvalue weighted by molar-refractivity contribution is -0.138. The topological polar surface area (TPSA) is 116 Å². The van der Waals surface area contributed by atoms with Gasteiger partial charge in [-0.1, -0.05) is 29.5 Å². The monoisotopic (exact) mass is 548 g/mol. The minimum atomic E-state index is -4.68. The summed E-state index contributed by atoms with van der Waals surface area (Å²) in [5.74, 6) is 0.607. The van der Waals surface area contributed by atoms with Gasteiger partial charge in [-0.25, -0.2) is 0 Å². The highest BCUT2D eigenvalue weighted by molar-refractivity contribution is 7.15. The first-order valence-electron chi connectivity index (χ1n) is 11.1. The Morgan fingerprint density at radius 3 is 2.50 bits per heavy atom. The maximum Gasteiger partial charge on any atom is 0.445 e. The van der Waals surface area contributed by atoms with E-state index in [1.54, 1.807) is 24.3 Å². The van der Waals surface area contributed by atoms with Crippen molar-refractivity contribution in [3.05, 3.63) is 64.2 Å². The highest BCUT2D eigenvalue weighted by Gasteiger charge is 2.35. The van der Waals surface area contributed by atoms with Crippen LogP contribution in [0.15, 0.2) is 48.0 Å². The maximum atomic E-state index is 12.7. The highest BCUT2D eigenvalue weighted by Crippen LogP contribution is 2.33. The summed E-state index contributed by atoms with van der Waals surface area (Å²) < 4.78 is 60.2. The van der Waals surface area contributed by atoms with Gasteiger partial charge in [-0.05, 0) is 48.4 Å². The Balaban J connectivity index is 1.50. The zero-order chi connectivity index (χ0) is 27.5. The molecule has 0 fully saturated rings. The van der Waals surface area contributed by atoms with Crippen molar-refractivity contribution in [3.8, 4) is 23.3 Å². The lowest BCUT2D eigenvalue weighted by Crippen LogP contribution is -2.13. The molecule has 0 bridgehead atoms. The van der Waals surface area contributed by atoms with Gasteiger partial charge in [-0.2, -0.15) is 18.4 Å². The Labute approximate surface area is 220 Å². The Bertz CT molecular complexity index is 1320. The smallest absolute Gasteiger partial charge is 0.445 e. The minimum absolute atomic E-state index is 0.154. The van der Waals surface area contributed by atoms with Crippen LogP contribution >= 0.6 is 11.3 Å². The number of amides is 1. The average molecular weight is 549 g/mol. The molecule has 0 saturated carbocycles. The van der Waals surface area contributed by atoms with Crippen LogP contribution in [0.3, 0.4) is 0 Å². The number of aromatic nitrogens is 2. The van der Waals surface area contributed by atoms with Crippen molar-refractivity contribution in [2.45, 2.75) is 13.1 Å². The molecule has 1 aromatic heterocycles. The number of nitriles is 1. The maximum absolute atomic E-state index is 12.7. The number of ether oxygens (including phenoxy) is 4. The summed E-state index contributed by atoms with van der Waals surface area (Å²) >= 11 is 0.154. The molecule has 0 radical (unpaired) electrons. The zero-order valence-corrected chi connectivity index (χ0v) is 21.2. The van der Waals surface area contributed by atoms with Crippen molar-refractivity contribution >= 4 is 28.5 Å². The summed E-state index contributed by atoms with van der Waals surface area (Å²) in [6.45, 7) is 3.31. The van der Waals surface area contributed by atoms with E-state index < -0.39 is 17.1 Å². The SMILES string of the molecule is COc1cc(C=C(C#N)C(=O)Nc2nnc(C(F)(F)F)s2)ccc1OCCOCCOc1cccc(C)c1. The van der Waals surface area contributed by atoms with E-state index in [9.17, 15) is 23.2 Å². The molecule has 0 aliphatic rings. The van der Waals surface area contributed by atoms with Crippen LogP contribution in [-0.4, -0.2) is 49.6 Å². The number of halogens is 3. The molecule has 38 heavy (non-hydrogen) atoms. The molecule has 1 heterocycles. The predicted octanol–water partition coefficient (Wildman–Crippen LogP) is 4.89. The van der Waals surface area contributed by atoms with Crippen LogP contribution in [0.1, 0.15) is 16.1 Å². The number of carbonyl (C=O) groups is 1. The third-order valence-corrected chi connectivity index (χ3v) is 5.61. The van der Waals surface area contributed by atoms with Gasteiger partial charge in [0.25, 0.3) is 5.91 Å². The van der Waals surface area contributed by atoms with E-state index in [2.05, 4.69) is 15.5 Å². The lowest BCUT2D eigenvalue weighted by atomic mass is 10.1. The van der Waals surface area contributed by atoms with Crippen LogP contribution in [0.4, 0.5) is 18.3 Å². The summed E-state index contributed by atoms with van der Waals surface area (Å²) in [5, 5.41) is 16.2. The van der Waals surface area contributed by atoms with E-state index >= 15 is 0 Å². The first kappa shape index (κ1) is 28.4. The second-order valence-corrected chi connectivity index (χ2v) is 8.55. The van der Waals surface area contributed by atoms with Gasteiger partial charge in [0.2, 0.25) is 10.1 Å². The molecule has 9 nitrogen and oxygen atoms in total. The number of methoxy groups -OCH3 is 1. The van der Waals surface area contributed by atoms with Crippen molar-refractivity contribution in [1.82, 2.24) is 10.2 Å². The van der Waals surface area contributed by atoms with Crippen molar-refractivity contribution in [3.63, 3.8) is 0 Å². The fourth-order valence-electron chi connectivity index (χ4n) is 3.00. The molecule has 0 atom stereocenters. The molecule has 1 N–H and O–H groups in total. The molecule has 0 spiro atoms. The molecule has 0 unspecified atom stereocenters. The second kappa shape index (κ2) is 13.4. The summed E-state index contributed by atoms with van der Waals surface area (Å²) in [4.78, 5) is 12.4. The molecular formula is C25H23F3N4O5S. The van der Waals surface area contributed by atoms with E-state index in [0.29, 0.717) is 36.9 Å². The van der Waals surface area contributed by atoms with Gasteiger partial charge in [0.05, 0.1) is 20.3 Å². The molecule has 200 valence electrons. The molecule has 1 amide bonds. The largest absolute Gasteiger partial charge is 0.493 e. The Morgan fingerprint density at radius 1 is 1.08 bits per heavy atom. The first-order valence-corrected chi connectivity index (χ1v) is 11.9. The summed E-state index contributed by atoms with van der Waals surface area (Å²) in [6, 6.07) is 14.2. The van der Waals surface area contributed by atoms with Crippen LogP contribution < -0.4 is 19.5 Å².